The minimum absolute atomic E-state index is 0. The van der Waals surface area contributed by atoms with Gasteiger partial charge >= 0.3 is 6.18 Å². The fraction of sp³-hybridized carbons (Fsp3) is 0.667. The predicted molar refractivity (Wildman–Crippen MR) is 40.2 cm³/mol. The molecule has 12 heavy (non-hydrogen) atoms. The molecule has 0 spiro atoms. The summed E-state index contributed by atoms with van der Waals surface area (Å²) in [5.41, 5.74) is -2.96. The average molecular weight is 207 g/mol. The van der Waals surface area contributed by atoms with Gasteiger partial charge in [-0.1, -0.05) is 12.7 Å². The highest BCUT2D eigenvalue weighted by atomic mass is 35.5. The van der Waals surface area contributed by atoms with E-state index in [1.165, 1.54) is 0 Å². The Hall–Kier alpha value is -0.260. The Bertz CT molecular complexity index is 148. The lowest BCUT2D eigenvalue weighted by atomic mass is 10.0. The molecule has 2 N–H and O–H groups in total. The van der Waals surface area contributed by atoms with E-state index in [1.807, 2.05) is 0 Å². The summed E-state index contributed by atoms with van der Waals surface area (Å²) in [6, 6.07) is 0. The number of rotatable bonds is 3. The minimum Gasteiger partial charge on any atom is -0.396 e. The molecule has 2 nitrogen and oxygen atoms in total. The molecule has 0 rings (SSSR count). The second kappa shape index (κ2) is 4.69. The van der Waals surface area contributed by atoms with Gasteiger partial charge in [0.15, 0.2) is 5.60 Å². The maximum atomic E-state index is 11.9. The molecule has 0 aliphatic carbocycles. The van der Waals surface area contributed by atoms with Crippen LogP contribution in [-0.4, -0.2) is 28.6 Å². The Morgan fingerprint density at radius 1 is 1.33 bits per heavy atom. The summed E-state index contributed by atoms with van der Waals surface area (Å²) in [4.78, 5) is 0. The summed E-state index contributed by atoms with van der Waals surface area (Å²) >= 11 is 0. The quantitative estimate of drug-likeness (QED) is 0.683. The van der Waals surface area contributed by atoms with Crippen LogP contribution in [0.5, 0.6) is 0 Å². The normalized spacial score (nSPS) is 16.1. The largest absolute Gasteiger partial charge is 0.420 e. The van der Waals surface area contributed by atoms with Gasteiger partial charge < -0.3 is 10.2 Å². The maximum Gasteiger partial charge on any atom is 0.420 e. The lowest BCUT2D eigenvalue weighted by Gasteiger charge is -2.25. The summed E-state index contributed by atoms with van der Waals surface area (Å²) in [5.74, 6) is 0. The van der Waals surface area contributed by atoms with Gasteiger partial charge in [-0.15, -0.1) is 12.4 Å². The van der Waals surface area contributed by atoms with Crippen molar-refractivity contribution in [3.05, 3.63) is 12.7 Å². The summed E-state index contributed by atoms with van der Waals surface area (Å²) in [5, 5.41) is 16.9. The fourth-order valence-electron chi connectivity index (χ4n) is 0.530. The van der Waals surface area contributed by atoms with E-state index in [0.717, 1.165) is 0 Å². The van der Waals surface area contributed by atoms with Crippen LogP contribution in [-0.2, 0) is 0 Å². The van der Waals surface area contributed by atoms with E-state index >= 15 is 0 Å². The third-order valence-electron chi connectivity index (χ3n) is 1.32. The number of alkyl halides is 3. The zero-order valence-corrected chi connectivity index (χ0v) is 6.95. The molecule has 0 radical (unpaired) electrons. The number of aliphatic hydroxyl groups excluding tert-OH is 1. The highest BCUT2D eigenvalue weighted by Gasteiger charge is 2.50. The smallest absolute Gasteiger partial charge is 0.396 e. The molecule has 1 atom stereocenters. The summed E-state index contributed by atoms with van der Waals surface area (Å²) in [7, 11) is 0. The molecular weight excluding hydrogens is 197 g/mol. The Morgan fingerprint density at radius 2 is 1.75 bits per heavy atom. The van der Waals surface area contributed by atoms with Crippen LogP contribution in [0.15, 0.2) is 12.7 Å². The molecule has 74 valence electrons. The van der Waals surface area contributed by atoms with Crippen LogP contribution in [0.1, 0.15) is 6.42 Å². The summed E-state index contributed by atoms with van der Waals surface area (Å²) < 4.78 is 35.6. The molecule has 0 aliphatic rings. The van der Waals surface area contributed by atoms with Gasteiger partial charge in [-0.25, -0.2) is 0 Å². The van der Waals surface area contributed by atoms with E-state index in [-0.39, 0.29) is 12.4 Å². The number of hydrogen-bond acceptors (Lipinski definition) is 2. The molecule has 0 saturated heterocycles. The van der Waals surface area contributed by atoms with E-state index in [4.69, 9.17) is 10.2 Å². The Labute approximate surface area is 74.1 Å². The van der Waals surface area contributed by atoms with Gasteiger partial charge in [0.2, 0.25) is 0 Å². The van der Waals surface area contributed by atoms with Gasteiger partial charge in [-0.05, 0) is 0 Å². The summed E-state index contributed by atoms with van der Waals surface area (Å²) in [6.07, 6.45) is -5.17. The topological polar surface area (TPSA) is 40.5 Å². The number of hydrogen-bond donors (Lipinski definition) is 2. The average Bonchev–Trinajstić information content (AvgIpc) is 1.86. The van der Waals surface area contributed by atoms with Gasteiger partial charge in [0, 0.05) is 13.0 Å². The maximum absolute atomic E-state index is 11.9. The molecule has 0 heterocycles. The van der Waals surface area contributed by atoms with E-state index < -0.39 is 24.8 Å². The van der Waals surface area contributed by atoms with Crippen molar-refractivity contribution in [2.45, 2.75) is 18.2 Å². The monoisotopic (exact) mass is 206 g/mol. The van der Waals surface area contributed by atoms with Crippen LogP contribution in [0.2, 0.25) is 0 Å². The second-order valence-electron chi connectivity index (χ2n) is 2.10. The van der Waals surface area contributed by atoms with Crippen molar-refractivity contribution in [2.75, 3.05) is 6.61 Å². The Balaban J connectivity index is 0. The van der Waals surface area contributed by atoms with E-state index in [1.54, 1.807) is 0 Å². The molecule has 0 amide bonds. The Kier molecular flexibility index (Phi) is 5.58. The zero-order valence-electron chi connectivity index (χ0n) is 6.14. The van der Waals surface area contributed by atoms with Gasteiger partial charge in [-0.3, -0.25) is 0 Å². The SMILES string of the molecule is C=CC(O)(CCO)C(F)(F)F.Cl. The highest BCUT2D eigenvalue weighted by Crippen LogP contribution is 2.33. The second-order valence-corrected chi connectivity index (χ2v) is 2.10. The van der Waals surface area contributed by atoms with Crippen molar-refractivity contribution >= 4 is 12.4 Å². The summed E-state index contributed by atoms with van der Waals surface area (Å²) in [6.45, 7) is 2.10. The third kappa shape index (κ3) is 3.00. The molecule has 0 aromatic rings. The highest BCUT2D eigenvalue weighted by molar-refractivity contribution is 5.85. The molecule has 0 bridgehead atoms. The van der Waals surface area contributed by atoms with Crippen molar-refractivity contribution in [1.82, 2.24) is 0 Å². The van der Waals surface area contributed by atoms with Crippen LogP contribution in [0.3, 0.4) is 0 Å². The van der Waals surface area contributed by atoms with E-state index in [2.05, 4.69) is 6.58 Å². The zero-order chi connectivity index (χ0) is 9.12. The first-order valence-corrected chi connectivity index (χ1v) is 2.91. The first-order valence-electron chi connectivity index (χ1n) is 2.91. The van der Waals surface area contributed by atoms with Gasteiger partial charge in [0.1, 0.15) is 0 Å². The molecule has 0 aromatic carbocycles. The fourth-order valence-corrected chi connectivity index (χ4v) is 0.530. The third-order valence-corrected chi connectivity index (χ3v) is 1.32. The van der Waals surface area contributed by atoms with Crippen molar-refractivity contribution in [3.63, 3.8) is 0 Å². The van der Waals surface area contributed by atoms with Crippen molar-refractivity contribution in [2.24, 2.45) is 0 Å². The van der Waals surface area contributed by atoms with Crippen molar-refractivity contribution < 1.29 is 23.4 Å². The molecule has 0 fully saturated rings. The standard InChI is InChI=1S/C6H9F3O2.ClH/c1-2-5(11,3-4-10)6(7,8)9;/h2,10-11H,1,3-4H2;1H. The van der Waals surface area contributed by atoms with E-state index in [9.17, 15) is 13.2 Å². The van der Waals surface area contributed by atoms with Crippen LogP contribution < -0.4 is 0 Å². The molecule has 0 aromatic heterocycles. The number of aliphatic hydroxyl groups is 2. The Morgan fingerprint density at radius 3 is 1.83 bits per heavy atom. The van der Waals surface area contributed by atoms with Crippen molar-refractivity contribution in [1.29, 1.82) is 0 Å². The van der Waals surface area contributed by atoms with Gasteiger partial charge in [0.05, 0.1) is 0 Å². The lowest BCUT2D eigenvalue weighted by Crippen LogP contribution is -2.43. The molecule has 0 saturated carbocycles. The van der Waals surface area contributed by atoms with Gasteiger partial charge in [-0.2, -0.15) is 13.2 Å². The van der Waals surface area contributed by atoms with Crippen LogP contribution in [0, 0.1) is 0 Å². The number of halogens is 4. The van der Waals surface area contributed by atoms with Crippen LogP contribution in [0.25, 0.3) is 0 Å². The van der Waals surface area contributed by atoms with Crippen LogP contribution in [0.4, 0.5) is 13.2 Å². The van der Waals surface area contributed by atoms with Gasteiger partial charge in [0.25, 0.3) is 0 Å². The molecule has 6 heteroatoms. The molecular formula is C6H10ClF3O2. The molecule has 1 unspecified atom stereocenters. The lowest BCUT2D eigenvalue weighted by molar-refractivity contribution is -0.243. The van der Waals surface area contributed by atoms with Crippen LogP contribution >= 0.6 is 12.4 Å². The first kappa shape index (κ1) is 14.3. The molecule has 0 aliphatic heterocycles. The van der Waals surface area contributed by atoms with Crippen molar-refractivity contribution in [3.8, 4) is 0 Å². The minimum atomic E-state index is -4.77. The predicted octanol–water partition coefficient (Wildman–Crippen LogP) is 1.27. The van der Waals surface area contributed by atoms with E-state index in [0.29, 0.717) is 6.08 Å². The first-order chi connectivity index (χ1) is 4.87.